The zero-order chi connectivity index (χ0) is 24.8. The predicted molar refractivity (Wildman–Crippen MR) is 132 cm³/mol. The molecule has 0 saturated carbocycles. The molecule has 2 N–H and O–H groups in total. The SMILES string of the molecule is COC(=O)Cn1c(C)c(/C=N\NC(=O)C(NC(=O)c2ccccc2Cl)C(C)C)c2ccccc21. The Balaban J connectivity index is 1.79. The van der Waals surface area contributed by atoms with Crippen LogP contribution in [0.25, 0.3) is 10.9 Å². The zero-order valence-electron chi connectivity index (χ0n) is 19.5. The molecule has 0 radical (unpaired) electrons. The Kier molecular flexibility index (Phi) is 8.07. The van der Waals surface area contributed by atoms with E-state index in [1.165, 1.54) is 13.3 Å². The first-order valence-corrected chi connectivity index (χ1v) is 11.1. The van der Waals surface area contributed by atoms with E-state index in [1.807, 2.05) is 49.6 Å². The van der Waals surface area contributed by atoms with Crippen LogP contribution < -0.4 is 10.7 Å². The summed E-state index contributed by atoms with van der Waals surface area (Å²) in [6, 6.07) is 13.4. The molecule has 0 bridgehead atoms. The van der Waals surface area contributed by atoms with Crippen molar-refractivity contribution in [3.8, 4) is 0 Å². The van der Waals surface area contributed by atoms with Crippen molar-refractivity contribution in [2.45, 2.75) is 33.4 Å². The highest BCUT2D eigenvalue weighted by Crippen LogP contribution is 2.24. The topological polar surface area (TPSA) is 102 Å². The molecule has 0 aliphatic carbocycles. The van der Waals surface area contributed by atoms with Gasteiger partial charge in [0.2, 0.25) is 0 Å². The second-order valence-electron chi connectivity index (χ2n) is 8.09. The van der Waals surface area contributed by atoms with Crippen molar-refractivity contribution in [1.29, 1.82) is 0 Å². The van der Waals surface area contributed by atoms with E-state index in [4.69, 9.17) is 16.3 Å². The van der Waals surface area contributed by atoms with Crippen LogP contribution in [0.5, 0.6) is 0 Å². The van der Waals surface area contributed by atoms with E-state index in [9.17, 15) is 14.4 Å². The first-order valence-electron chi connectivity index (χ1n) is 10.8. The molecule has 178 valence electrons. The summed E-state index contributed by atoms with van der Waals surface area (Å²) >= 11 is 6.10. The first kappa shape index (κ1) is 25.0. The Morgan fingerprint density at radius 2 is 1.79 bits per heavy atom. The van der Waals surface area contributed by atoms with E-state index in [-0.39, 0.29) is 18.4 Å². The second-order valence-corrected chi connectivity index (χ2v) is 8.49. The molecule has 3 rings (SSSR count). The molecular formula is C25H27ClN4O4. The molecule has 3 aromatic rings. The Hall–Kier alpha value is -3.65. The predicted octanol–water partition coefficient (Wildman–Crippen LogP) is 3.68. The van der Waals surface area contributed by atoms with Crippen molar-refractivity contribution in [2.24, 2.45) is 11.0 Å². The average molecular weight is 483 g/mol. The monoisotopic (exact) mass is 482 g/mol. The van der Waals surface area contributed by atoms with Crippen LogP contribution in [-0.2, 0) is 20.9 Å². The number of fused-ring (bicyclic) bond motifs is 1. The minimum Gasteiger partial charge on any atom is -0.468 e. The Labute approximate surface area is 202 Å². The van der Waals surface area contributed by atoms with Gasteiger partial charge in [-0.3, -0.25) is 14.4 Å². The highest BCUT2D eigenvalue weighted by molar-refractivity contribution is 6.33. The molecule has 1 unspecified atom stereocenters. The van der Waals surface area contributed by atoms with E-state index in [2.05, 4.69) is 15.8 Å². The largest absolute Gasteiger partial charge is 0.468 e. The molecule has 34 heavy (non-hydrogen) atoms. The minimum atomic E-state index is -0.817. The molecular weight excluding hydrogens is 456 g/mol. The summed E-state index contributed by atoms with van der Waals surface area (Å²) in [5, 5.41) is 8.05. The normalized spacial score (nSPS) is 12.2. The fourth-order valence-electron chi connectivity index (χ4n) is 3.65. The maximum atomic E-state index is 12.8. The lowest BCUT2D eigenvalue weighted by molar-refractivity contribution is -0.141. The molecule has 2 aromatic carbocycles. The zero-order valence-corrected chi connectivity index (χ0v) is 20.2. The quantitative estimate of drug-likeness (QED) is 0.290. The standard InChI is InChI=1S/C25H27ClN4O4/c1-15(2)23(28-24(32)18-10-5-7-11-20(18)26)25(33)29-27-13-19-16(3)30(14-22(31)34-4)21-12-8-6-9-17(19)21/h5-13,15,23H,14H2,1-4H3,(H,28,32)(H,29,33)/b27-13-. The lowest BCUT2D eigenvalue weighted by Crippen LogP contribution is -2.48. The van der Waals surface area contributed by atoms with Crippen molar-refractivity contribution in [1.82, 2.24) is 15.3 Å². The Morgan fingerprint density at radius 1 is 1.12 bits per heavy atom. The number of carbonyl (C=O) groups is 3. The number of para-hydroxylation sites is 1. The van der Waals surface area contributed by atoms with Crippen LogP contribution in [-0.4, -0.2) is 41.7 Å². The van der Waals surface area contributed by atoms with Gasteiger partial charge < -0.3 is 14.6 Å². The van der Waals surface area contributed by atoms with E-state index in [0.29, 0.717) is 10.6 Å². The number of ether oxygens (including phenoxy) is 1. The van der Waals surface area contributed by atoms with Gasteiger partial charge in [-0.05, 0) is 31.0 Å². The summed E-state index contributed by atoms with van der Waals surface area (Å²) in [4.78, 5) is 37.3. The lowest BCUT2D eigenvalue weighted by Gasteiger charge is -2.20. The number of nitrogens with zero attached hydrogens (tertiary/aromatic N) is 2. The van der Waals surface area contributed by atoms with Gasteiger partial charge in [-0.15, -0.1) is 0 Å². The van der Waals surface area contributed by atoms with Gasteiger partial charge in [0.25, 0.3) is 11.8 Å². The highest BCUT2D eigenvalue weighted by Gasteiger charge is 2.25. The van der Waals surface area contributed by atoms with Crippen LogP contribution in [0.4, 0.5) is 0 Å². The Morgan fingerprint density at radius 3 is 2.47 bits per heavy atom. The molecule has 0 aliphatic heterocycles. The van der Waals surface area contributed by atoms with Crippen LogP contribution in [0.1, 0.15) is 35.5 Å². The fourth-order valence-corrected chi connectivity index (χ4v) is 3.87. The van der Waals surface area contributed by atoms with Crippen LogP contribution in [0.15, 0.2) is 53.6 Å². The molecule has 1 heterocycles. The number of amides is 2. The third-order valence-electron chi connectivity index (χ3n) is 5.52. The van der Waals surface area contributed by atoms with Crippen molar-refractivity contribution < 1.29 is 19.1 Å². The van der Waals surface area contributed by atoms with Gasteiger partial charge in [-0.2, -0.15) is 5.10 Å². The number of aromatic nitrogens is 1. The van der Waals surface area contributed by atoms with Crippen LogP contribution in [0.3, 0.4) is 0 Å². The number of nitrogens with one attached hydrogen (secondary N) is 2. The van der Waals surface area contributed by atoms with Crippen molar-refractivity contribution in [2.75, 3.05) is 7.11 Å². The molecule has 2 amide bonds. The van der Waals surface area contributed by atoms with Gasteiger partial charge in [-0.25, -0.2) is 5.43 Å². The van der Waals surface area contributed by atoms with Crippen LogP contribution >= 0.6 is 11.6 Å². The van der Waals surface area contributed by atoms with E-state index < -0.39 is 17.9 Å². The number of rotatable bonds is 8. The number of hydrogen-bond donors (Lipinski definition) is 2. The lowest BCUT2D eigenvalue weighted by atomic mass is 10.0. The molecule has 0 aliphatic rings. The number of benzene rings is 2. The highest BCUT2D eigenvalue weighted by atomic mass is 35.5. The van der Waals surface area contributed by atoms with Crippen molar-refractivity contribution in [3.63, 3.8) is 0 Å². The van der Waals surface area contributed by atoms with E-state index in [0.717, 1.165) is 22.2 Å². The van der Waals surface area contributed by atoms with Crippen LogP contribution in [0, 0.1) is 12.8 Å². The second kappa shape index (κ2) is 11.0. The maximum absolute atomic E-state index is 12.8. The van der Waals surface area contributed by atoms with Gasteiger partial charge in [0.1, 0.15) is 12.6 Å². The van der Waals surface area contributed by atoms with E-state index >= 15 is 0 Å². The third-order valence-corrected chi connectivity index (χ3v) is 5.85. The summed E-state index contributed by atoms with van der Waals surface area (Å²) in [6.45, 7) is 5.58. The summed E-state index contributed by atoms with van der Waals surface area (Å²) in [6.07, 6.45) is 1.54. The smallest absolute Gasteiger partial charge is 0.325 e. The molecule has 9 heteroatoms. The molecule has 0 saturated heterocycles. The van der Waals surface area contributed by atoms with Gasteiger partial charge in [-0.1, -0.05) is 55.8 Å². The molecule has 1 aromatic heterocycles. The van der Waals surface area contributed by atoms with Gasteiger partial charge >= 0.3 is 5.97 Å². The third kappa shape index (κ3) is 5.46. The van der Waals surface area contributed by atoms with Gasteiger partial charge in [0.15, 0.2) is 0 Å². The number of halogens is 1. The first-order chi connectivity index (χ1) is 16.2. The van der Waals surface area contributed by atoms with Gasteiger partial charge in [0, 0.05) is 22.2 Å². The van der Waals surface area contributed by atoms with Crippen LogP contribution in [0.2, 0.25) is 5.02 Å². The number of hydrazone groups is 1. The van der Waals surface area contributed by atoms with E-state index in [1.54, 1.807) is 24.3 Å². The van der Waals surface area contributed by atoms with Crippen molar-refractivity contribution in [3.05, 3.63) is 70.4 Å². The van der Waals surface area contributed by atoms with Gasteiger partial charge in [0.05, 0.1) is 23.9 Å². The summed E-state index contributed by atoms with van der Waals surface area (Å²) < 4.78 is 6.64. The number of methoxy groups -OCH3 is 1. The molecule has 8 nitrogen and oxygen atoms in total. The summed E-state index contributed by atoms with van der Waals surface area (Å²) in [5.41, 5.74) is 5.23. The Bertz CT molecular complexity index is 1250. The minimum absolute atomic E-state index is 0.0621. The fraction of sp³-hybridized carbons (Fsp3) is 0.280. The average Bonchev–Trinajstić information content (AvgIpc) is 3.08. The molecule has 0 fully saturated rings. The summed E-state index contributed by atoms with van der Waals surface area (Å²) in [5.74, 6) is -1.45. The maximum Gasteiger partial charge on any atom is 0.325 e. The summed E-state index contributed by atoms with van der Waals surface area (Å²) in [7, 11) is 1.34. The number of hydrogen-bond acceptors (Lipinski definition) is 5. The molecule has 1 atom stereocenters. The number of esters is 1. The number of carbonyl (C=O) groups excluding carboxylic acids is 3. The molecule has 0 spiro atoms. The van der Waals surface area contributed by atoms with Crippen molar-refractivity contribution >= 4 is 46.5 Å².